The van der Waals surface area contributed by atoms with E-state index in [4.69, 9.17) is 9.84 Å². The molecule has 0 saturated heterocycles. The fraction of sp³-hybridized carbons (Fsp3) is 0.138. The molecular formula is C29H21F3N2O4. The molecule has 1 heterocycles. The molecule has 0 bridgehead atoms. The van der Waals surface area contributed by atoms with Crippen molar-refractivity contribution in [3.05, 3.63) is 117 Å². The molecule has 0 saturated carbocycles. The summed E-state index contributed by atoms with van der Waals surface area (Å²) < 4.78 is 48.3. The summed E-state index contributed by atoms with van der Waals surface area (Å²) in [6.45, 7) is 3.71. The number of halogens is 3. The number of carboxylic acids is 1. The summed E-state index contributed by atoms with van der Waals surface area (Å²) >= 11 is 0. The highest BCUT2D eigenvalue weighted by atomic mass is 19.4. The van der Waals surface area contributed by atoms with Crippen molar-refractivity contribution < 1.29 is 27.8 Å². The maximum atomic E-state index is 13.8. The molecule has 0 aliphatic carbocycles. The number of nitriles is 1. The van der Waals surface area contributed by atoms with Crippen LogP contribution in [0.4, 0.5) is 13.2 Å². The lowest BCUT2D eigenvalue weighted by molar-refractivity contribution is -0.137. The van der Waals surface area contributed by atoms with Crippen molar-refractivity contribution in [3.8, 4) is 28.8 Å². The molecule has 0 atom stereocenters. The maximum Gasteiger partial charge on any atom is 0.417 e. The maximum absolute atomic E-state index is 13.8. The lowest BCUT2D eigenvalue weighted by Gasteiger charge is -2.19. The van der Waals surface area contributed by atoms with Gasteiger partial charge >= 0.3 is 12.1 Å². The molecule has 0 fully saturated rings. The van der Waals surface area contributed by atoms with Gasteiger partial charge in [-0.25, -0.2) is 4.79 Å². The third-order valence-electron chi connectivity index (χ3n) is 6.01. The highest BCUT2D eigenvalue weighted by Gasteiger charge is 2.36. The van der Waals surface area contributed by atoms with Crippen LogP contribution in [0.15, 0.2) is 77.6 Å². The molecule has 9 heteroatoms. The third-order valence-corrected chi connectivity index (χ3v) is 6.01. The summed E-state index contributed by atoms with van der Waals surface area (Å²) in [6, 6.07) is 19.6. The van der Waals surface area contributed by atoms with Crippen LogP contribution < -0.4 is 10.3 Å². The Hall–Kier alpha value is -4.84. The number of hydrogen-bond donors (Lipinski definition) is 1. The van der Waals surface area contributed by atoms with Crippen molar-refractivity contribution in [2.24, 2.45) is 0 Å². The van der Waals surface area contributed by atoms with Gasteiger partial charge in [-0.05, 0) is 79.1 Å². The first-order valence-electron chi connectivity index (χ1n) is 11.4. The summed E-state index contributed by atoms with van der Waals surface area (Å²) in [5.74, 6) is -0.541. The number of aromatic carboxylic acids is 1. The number of aromatic nitrogens is 1. The zero-order chi connectivity index (χ0) is 27.6. The molecule has 0 aliphatic rings. The second-order valence-corrected chi connectivity index (χ2v) is 8.71. The molecule has 0 amide bonds. The van der Waals surface area contributed by atoms with Crippen molar-refractivity contribution in [3.63, 3.8) is 0 Å². The molecule has 1 N–H and O–H groups in total. The Kier molecular flexibility index (Phi) is 7.08. The average Bonchev–Trinajstić information content (AvgIpc) is 2.86. The van der Waals surface area contributed by atoms with Crippen LogP contribution >= 0.6 is 0 Å². The molecule has 0 unspecified atom stereocenters. The van der Waals surface area contributed by atoms with E-state index in [1.807, 2.05) is 26.0 Å². The van der Waals surface area contributed by atoms with E-state index in [-0.39, 0.29) is 23.6 Å². The van der Waals surface area contributed by atoms with E-state index < -0.39 is 28.8 Å². The Morgan fingerprint density at radius 3 is 2.32 bits per heavy atom. The number of carbonyl (C=O) groups is 1. The number of aryl methyl sites for hydroxylation is 2. The molecule has 0 aliphatic heterocycles. The van der Waals surface area contributed by atoms with Gasteiger partial charge in [-0.3, -0.25) is 4.79 Å². The summed E-state index contributed by atoms with van der Waals surface area (Å²) in [5.41, 5.74) is -0.418. The number of ether oxygens (including phenoxy) is 1. The topological polar surface area (TPSA) is 92.3 Å². The van der Waals surface area contributed by atoms with E-state index in [0.29, 0.717) is 11.3 Å². The smallest absolute Gasteiger partial charge is 0.417 e. The first-order chi connectivity index (χ1) is 18.0. The summed E-state index contributed by atoms with van der Waals surface area (Å²) in [4.78, 5) is 24.4. The van der Waals surface area contributed by atoms with Crippen molar-refractivity contribution in [2.45, 2.75) is 26.6 Å². The summed E-state index contributed by atoms with van der Waals surface area (Å²) in [7, 11) is 0. The van der Waals surface area contributed by atoms with Crippen LogP contribution in [0.5, 0.6) is 11.5 Å². The average molecular weight is 518 g/mol. The SMILES string of the molecule is Cc1ccc(Cn2c(-c3ccc(Oc4cccc(C(=O)O)c4)cc3)cc(C(F)(F)F)c(C#N)c2=O)c(C)c1. The molecule has 3 aromatic carbocycles. The van der Waals surface area contributed by atoms with Gasteiger partial charge in [0.25, 0.3) is 5.56 Å². The van der Waals surface area contributed by atoms with Crippen molar-refractivity contribution >= 4 is 5.97 Å². The van der Waals surface area contributed by atoms with Crippen LogP contribution in [0.3, 0.4) is 0 Å². The number of benzene rings is 3. The van der Waals surface area contributed by atoms with Gasteiger partial charge in [0.05, 0.1) is 23.4 Å². The lowest BCUT2D eigenvalue weighted by Crippen LogP contribution is -2.29. The van der Waals surface area contributed by atoms with Gasteiger partial charge in [0, 0.05) is 0 Å². The standard InChI is InChI=1S/C29H21F3N2O4/c1-17-6-7-21(18(2)12-17)16-34-26(14-25(29(30,31)32)24(15-33)27(34)35)19-8-10-22(11-9-19)38-23-5-3-4-20(13-23)28(36)37/h3-14H,16H2,1-2H3,(H,36,37). The largest absolute Gasteiger partial charge is 0.478 e. The normalized spacial score (nSPS) is 11.2. The fourth-order valence-corrected chi connectivity index (χ4v) is 4.09. The van der Waals surface area contributed by atoms with Gasteiger partial charge in [0.15, 0.2) is 0 Å². The van der Waals surface area contributed by atoms with Crippen molar-refractivity contribution in [1.82, 2.24) is 4.57 Å². The van der Waals surface area contributed by atoms with Crippen LogP contribution in [0.2, 0.25) is 0 Å². The van der Waals surface area contributed by atoms with Gasteiger partial charge in [0.1, 0.15) is 23.1 Å². The van der Waals surface area contributed by atoms with E-state index in [1.54, 1.807) is 12.1 Å². The Morgan fingerprint density at radius 1 is 1.00 bits per heavy atom. The molecule has 4 aromatic rings. The fourth-order valence-electron chi connectivity index (χ4n) is 4.09. The number of hydrogen-bond acceptors (Lipinski definition) is 4. The minimum atomic E-state index is -4.91. The zero-order valence-corrected chi connectivity index (χ0v) is 20.3. The highest BCUT2D eigenvalue weighted by molar-refractivity contribution is 5.88. The number of nitrogens with zero attached hydrogens (tertiary/aromatic N) is 2. The number of alkyl halides is 3. The monoisotopic (exact) mass is 518 g/mol. The highest BCUT2D eigenvalue weighted by Crippen LogP contribution is 2.34. The predicted octanol–water partition coefficient (Wildman–Crippen LogP) is 6.56. The Balaban J connectivity index is 1.81. The number of pyridine rings is 1. The van der Waals surface area contributed by atoms with Crippen LogP contribution in [0.25, 0.3) is 11.3 Å². The van der Waals surface area contributed by atoms with E-state index in [2.05, 4.69) is 0 Å². The molecule has 38 heavy (non-hydrogen) atoms. The van der Waals surface area contributed by atoms with Gasteiger partial charge in [-0.2, -0.15) is 18.4 Å². The quantitative estimate of drug-likeness (QED) is 0.312. The molecule has 6 nitrogen and oxygen atoms in total. The van der Waals surface area contributed by atoms with Crippen LogP contribution in [-0.2, 0) is 12.7 Å². The van der Waals surface area contributed by atoms with Gasteiger partial charge in [-0.1, -0.05) is 29.8 Å². The molecule has 0 spiro atoms. The second-order valence-electron chi connectivity index (χ2n) is 8.71. The minimum Gasteiger partial charge on any atom is -0.478 e. The molecular weight excluding hydrogens is 497 g/mol. The van der Waals surface area contributed by atoms with E-state index >= 15 is 0 Å². The van der Waals surface area contributed by atoms with Crippen LogP contribution in [-0.4, -0.2) is 15.6 Å². The van der Waals surface area contributed by atoms with Crippen LogP contribution in [0.1, 0.15) is 38.2 Å². The molecule has 1 aromatic heterocycles. The van der Waals surface area contributed by atoms with Crippen molar-refractivity contribution in [2.75, 3.05) is 0 Å². The van der Waals surface area contributed by atoms with Crippen molar-refractivity contribution in [1.29, 1.82) is 5.26 Å². The van der Waals surface area contributed by atoms with Gasteiger partial charge < -0.3 is 14.4 Å². The second kappa shape index (κ2) is 10.3. The zero-order valence-electron chi connectivity index (χ0n) is 20.3. The number of carboxylic acid groups (broad SMARTS) is 1. The Bertz CT molecular complexity index is 1630. The van der Waals surface area contributed by atoms with E-state index in [1.165, 1.54) is 48.5 Å². The summed E-state index contributed by atoms with van der Waals surface area (Å²) in [5, 5.41) is 18.6. The summed E-state index contributed by atoms with van der Waals surface area (Å²) in [6.07, 6.45) is -4.91. The lowest BCUT2D eigenvalue weighted by atomic mass is 10.0. The molecule has 192 valence electrons. The Morgan fingerprint density at radius 2 is 1.71 bits per heavy atom. The molecule has 4 rings (SSSR count). The Labute approximate surface area is 215 Å². The first kappa shape index (κ1) is 26.2. The molecule has 0 radical (unpaired) electrons. The third kappa shape index (κ3) is 5.44. The van der Waals surface area contributed by atoms with E-state index in [9.17, 15) is 28.0 Å². The van der Waals surface area contributed by atoms with Gasteiger partial charge in [0.2, 0.25) is 0 Å². The van der Waals surface area contributed by atoms with Gasteiger partial charge in [-0.15, -0.1) is 0 Å². The number of rotatable bonds is 6. The first-order valence-corrected chi connectivity index (χ1v) is 11.4. The van der Waals surface area contributed by atoms with E-state index in [0.717, 1.165) is 27.3 Å². The van der Waals surface area contributed by atoms with Crippen LogP contribution in [0, 0.1) is 25.2 Å². The predicted molar refractivity (Wildman–Crippen MR) is 134 cm³/mol. The minimum absolute atomic E-state index is 0.0132.